The van der Waals surface area contributed by atoms with Gasteiger partial charge in [-0.3, -0.25) is 0 Å². The van der Waals surface area contributed by atoms with Crippen LogP contribution in [-0.2, 0) is 14.1 Å². The topological polar surface area (TPSA) is 35.5 Å². The van der Waals surface area contributed by atoms with E-state index in [1.807, 2.05) is 73.6 Å². The van der Waals surface area contributed by atoms with Crippen LogP contribution < -0.4 is 0 Å². The SMILES string of the molecule is C/C=C(\C=C/C(C)B1OC(C)C(C)(C)O1)CC=O.CC.CC. The zero-order valence-corrected chi connectivity index (χ0v) is 16.0. The maximum absolute atomic E-state index is 10.5. The van der Waals surface area contributed by atoms with Crippen molar-refractivity contribution in [3.63, 3.8) is 0 Å². The molecule has 2 atom stereocenters. The molecule has 0 aromatic heterocycles. The van der Waals surface area contributed by atoms with Crippen molar-refractivity contribution < 1.29 is 14.1 Å². The number of aldehydes is 1. The molecule has 1 heterocycles. The highest BCUT2D eigenvalue weighted by Gasteiger charge is 2.44. The second-order valence-corrected chi connectivity index (χ2v) is 5.32. The fourth-order valence-electron chi connectivity index (χ4n) is 1.76. The quantitative estimate of drug-likeness (QED) is 0.396. The monoisotopic (exact) mass is 310 g/mol. The molecule has 0 N–H and O–H groups in total. The molecule has 1 fully saturated rings. The third kappa shape index (κ3) is 7.95. The van der Waals surface area contributed by atoms with E-state index in [1.165, 1.54) is 0 Å². The summed E-state index contributed by atoms with van der Waals surface area (Å²) in [6.07, 6.45) is 7.42. The molecule has 128 valence electrons. The number of carbonyl (C=O) groups excluding carboxylic acids is 1. The van der Waals surface area contributed by atoms with Crippen LogP contribution in [0.3, 0.4) is 0 Å². The molecule has 0 saturated carbocycles. The molecule has 0 spiro atoms. The van der Waals surface area contributed by atoms with Gasteiger partial charge in [-0.25, -0.2) is 0 Å². The second-order valence-electron chi connectivity index (χ2n) is 5.32. The zero-order valence-electron chi connectivity index (χ0n) is 16.0. The van der Waals surface area contributed by atoms with Crippen molar-refractivity contribution in [2.75, 3.05) is 0 Å². The van der Waals surface area contributed by atoms with Gasteiger partial charge in [0.2, 0.25) is 0 Å². The van der Waals surface area contributed by atoms with Crippen LogP contribution in [0.25, 0.3) is 0 Å². The van der Waals surface area contributed by atoms with Crippen LogP contribution in [0.2, 0.25) is 5.82 Å². The van der Waals surface area contributed by atoms with Crippen LogP contribution in [-0.4, -0.2) is 25.1 Å². The van der Waals surface area contributed by atoms with E-state index in [0.717, 1.165) is 11.9 Å². The van der Waals surface area contributed by atoms with Gasteiger partial charge >= 0.3 is 7.12 Å². The third-order valence-corrected chi connectivity index (χ3v) is 3.47. The van der Waals surface area contributed by atoms with Gasteiger partial charge in [-0.15, -0.1) is 0 Å². The summed E-state index contributed by atoms with van der Waals surface area (Å²) in [5.41, 5.74) is 0.779. The van der Waals surface area contributed by atoms with Crippen molar-refractivity contribution in [2.24, 2.45) is 0 Å². The first-order valence-electron chi connectivity index (χ1n) is 8.51. The normalized spacial score (nSPS) is 21.6. The van der Waals surface area contributed by atoms with E-state index in [2.05, 4.69) is 6.92 Å². The summed E-state index contributed by atoms with van der Waals surface area (Å²) in [4.78, 5) is 10.5. The second kappa shape index (κ2) is 12.7. The molecule has 0 aromatic rings. The molecule has 1 rings (SSSR count). The molecule has 0 amide bonds. The molecule has 3 nitrogen and oxygen atoms in total. The van der Waals surface area contributed by atoms with Gasteiger partial charge in [0.25, 0.3) is 0 Å². The average Bonchev–Trinajstić information content (AvgIpc) is 2.81. The van der Waals surface area contributed by atoms with E-state index in [-0.39, 0.29) is 24.6 Å². The summed E-state index contributed by atoms with van der Waals surface area (Å²) in [6, 6.07) is 0. The van der Waals surface area contributed by atoms with E-state index >= 15 is 0 Å². The molecule has 0 aromatic carbocycles. The minimum absolute atomic E-state index is 0.0921. The molecule has 2 unspecified atom stereocenters. The Hall–Kier alpha value is -0.865. The number of rotatable bonds is 5. The minimum atomic E-state index is -0.237. The molecular formula is C18H35BO3. The molecule has 1 aliphatic rings. The minimum Gasteiger partial charge on any atom is -0.405 e. The fourth-order valence-corrected chi connectivity index (χ4v) is 1.76. The highest BCUT2D eigenvalue weighted by Crippen LogP contribution is 2.32. The van der Waals surface area contributed by atoms with Crippen LogP contribution >= 0.6 is 0 Å². The Bertz CT molecular complexity index is 348. The third-order valence-electron chi connectivity index (χ3n) is 3.47. The first-order valence-corrected chi connectivity index (χ1v) is 8.51. The van der Waals surface area contributed by atoms with Gasteiger partial charge in [0, 0.05) is 12.2 Å². The van der Waals surface area contributed by atoms with Crippen LogP contribution in [0, 0.1) is 0 Å². The smallest absolute Gasteiger partial charge is 0.405 e. The molecule has 0 radical (unpaired) electrons. The lowest BCUT2D eigenvalue weighted by Gasteiger charge is -2.21. The van der Waals surface area contributed by atoms with E-state index < -0.39 is 0 Å². The molecule has 0 aliphatic carbocycles. The summed E-state index contributed by atoms with van der Waals surface area (Å²) in [5, 5.41) is 0. The molecule has 1 saturated heterocycles. The van der Waals surface area contributed by atoms with Gasteiger partial charge in [-0.1, -0.05) is 52.8 Å². The number of allylic oxidation sites excluding steroid dienone is 4. The Labute approximate surface area is 138 Å². The molecule has 22 heavy (non-hydrogen) atoms. The zero-order chi connectivity index (χ0) is 17.8. The Morgan fingerprint density at radius 1 is 1.27 bits per heavy atom. The number of hydrogen-bond donors (Lipinski definition) is 0. The van der Waals surface area contributed by atoms with E-state index in [1.54, 1.807) is 0 Å². The summed E-state index contributed by atoms with van der Waals surface area (Å²) < 4.78 is 11.7. The summed E-state index contributed by atoms with van der Waals surface area (Å²) in [5.74, 6) is 0.163. The number of hydrogen-bond acceptors (Lipinski definition) is 3. The van der Waals surface area contributed by atoms with Crippen molar-refractivity contribution in [2.45, 2.75) is 86.3 Å². The summed E-state index contributed by atoms with van der Waals surface area (Å²) in [6.45, 7) is 18.1. The van der Waals surface area contributed by atoms with Crippen LogP contribution in [0.4, 0.5) is 0 Å². The first kappa shape index (κ1) is 23.4. The molecule has 0 bridgehead atoms. The van der Waals surface area contributed by atoms with Crippen molar-refractivity contribution in [1.82, 2.24) is 0 Å². The van der Waals surface area contributed by atoms with Gasteiger partial charge in [0.15, 0.2) is 0 Å². The lowest BCUT2D eigenvalue weighted by atomic mass is 9.73. The van der Waals surface area contributed by atoms with Gasteiger partial charge < -0.3 is 14.1 Å². The fraction of sp³-hybridized carbons (Fsp3) is 0.722. The highest BCUT2D eigenvalue weighted by atomic mass is 16.7. The van der Waals surface area contributed by atoms with Crippen molar-refractivity contribution in [1.29, 1.82) is 0 Å². The van der Waals surface area contributed by atoms with Crippen molar-refractivity contribution in [3.8, 4) is 0 Å². The van der Waals surface area contributed by atoms with E-state index in [4.69, 9.17) is 9.31 Å². The average molecular weight is 310 g/mol. The van der Waals surface area contributed by atoms with Crippen LogP contribution in [0.5, 0.6) is 0 Å². The van der Waals surface area contributed by atoms with Crippen molar-refractivity contribution in [3.05, 3.63) is 23.8 Å². The lowest BCUT2D eigenvalue weighted by molar-refractivity contribution is -0.107. The van der Waals surface area contributed by atoms with Gasteiger partial charge in [-0.05, 0) is 33.3 Å². The largest absolute Gasteiger partial charge is 0.464 e. The Morgan fingerprint density at radius 2 is 1.82 bits per heavy atom. The Kier molecular flexibility index (Phi) is 13.5. The Balaban J connectivity index is 0. The standard InChI is InChI=1S/C14H23BO3.2C2H6/c1-6-13(9-10-16)8-7-11(2)15-17-12(3)14(4,5)18-15;2*1-2/h6-8,10-12H,9H2,1-5H3;2*1-2H3/b8-7-,13-6+;;. The molecular weight excluding hydrogens is 275 g/mol. The predicted octanol–water partition coefficient (Wildman–Crippen LogP) is 5.22. The van der Waals surface area contributed by atoms with Crippen molar-refractivity contribution >= 4 is 13.4 Å². The van der Waals surface area contributed by atoms with E-state index in [0.29, 0.717) is 6.42 Å². The van der Waals surface area contributed by atoms with Gasteiger partial charge in [-0.2, -0.15) is 0 Å². The van der Waals surface area contributed by atoms with Crippen LogP contribution in [0.15, 0.2) is 23.8 Å². The van der Waals surface area contributed by atoms with Gasteiger partial charge in [0.05, 0.1) is 11.7 Å². The summed E-state index contributed by atoms with van der Waals surface area (Å²) in [7, 11) is -0.208. The van der Waals surface area contributed by atoms with E-state index in [9.17, 15) is 4.79 Å². The highest BCUT2D eigenvalue weighted by molar-refractivity contribution is 6.47. The lowest BCUT2D eigenvalue weighted by Crippen LogP contribution is -2.30. The predicted molar refractivity (Wildman–Crippen MR) is 97.2 cm³/mol. The molecule has 4 heteroatoms. The molecule has 1 aliphatic heterocycles. The van der Waals surface area contributed by atoms with Gasteiger partial charge in [0.1, 0.15) is 6.29 Å². The number of carbonyl (C=O) groups is 1. The van der Waals surface area contributed by atoms with Crippen LogP contribution in [0.1, 0.15) is 68.7 Å². The summed E-state index contributed by atoms with van der Waals surface area (Å²) >= 11 is 0. The maximum Gasteiger partial charge on any atom is 0.464 e. The maximum atomic E-state index is 10.5. The first-order chi connectivity index (χ1) is 10.4. The Morgan fingerprint density at radius 3 is 2.18 bits per heavy atom.